The molecule has 0 unspecified atom stereocenters. The fraction of sp³-hybridized carbons (Fsp3) is 0.200. The van der Waals surface area contributed by atoms with E-state index in [1.165, 1.54) is 0 Å². The van der Waals surface area contributed by atoms with E-state index in [0.717, 1.165) is 10.0 Å². The Morgan fingerprint density at radius 1 is 1.00 bits per heavy atom. The Labute approximate surface area is 198 Å². The Hall–Kier alpha value is -2.69. The van der Waals surface area contributed by atoms with E-state index in [1.54, 1.807) is 49.4 Å². The van der Waals surface area contributed by atoms with Gasteiger partial charge >= 0.3 is 0 Å². The van der Waals surface area contributed by atoms with Crippen LogP contribution in [-0.2, 0) is 14.4 Å². The first-order chi connectivity index (χ1) is 14.7. The summed E-state index contributed by atoms with van der Waals surface area (Å²) in [5, 5.41) is 5.51. The molecule has 0 heterocycles. The van der Waals surface area contributed by atoms with E-state index in [1.807, 2.05) is 0 Å². The van der Waals surface area contributed by atoms with Crippen molar-refractivity contribution in [2.24, 2.45) is 0 Å². The van der Waals surface area contributed by atoms with Crippen molar-refractivity contribution in [3.05, 3.63) is 57.5 Å². The van der Waals surface area contributed by atoms with Gasteiger partial charge in [0, 0.05) is 28.0 Å². The second kappa shape index (κ2) is 12.2. The van der Waals surface area contributed by atoms with Gasteiger partial charge in [0.15, 0.2) is 11.7 Å². The van der Waals surface area contributed by atoms with Crippen molar-refractivity contribution < 1.29 is 19.1 Å². The van der Waals surface area contributed by atoms with Crippen molar-refractivity contribution in [3.8, 4) is 5.75 Å². The van der Waals surface area contributed by atoms with Gasteiger partial charge in [-0.15, -0.1) is 0 Å². The molecule has 164 valence electrons. The van der Waals surface area contributed by atoms with Gasteiger partial charge in [0.05, 0.1) is 0 Å². The van der Waals surface area contributed by atoms with E-state index < -0.39 is 11.8 Å². The van der Waals surface area contributed by atoms with Crippen LogP contribution < -0.4 is 26.2 Å². The molecule has 0 aliphatic rings. The summed E-state index contributed by atoms with van der Waals surface area (Å²) in [4.78, 5) is 35.7. The zero-order valence-corrected chi connectivity index (χ0v) is 19.6. The fourth-order valence-corrected chi connectivity index (χ4v) is 2.85. The van der Waals surface area contributed by atoms with Crippen LogP contribution in [0.25, 0.3) is 0 Å². The minimum absolute atomic E-state index is 0.0420. The van der Waals surface area contributed by atoms with E-state index >= 15 is 0 Å². The van der Waals surface area contributed by atoms with E-state index in [4.69, 9.17) is 28.6 Å². The molecule has 8 nitrogen and oxygen atoms in total. The number of carbonyl (C=O) groups is 3. The van der Waals surface area contributed by atoms with Crippen LogP contribution in [0.5, 0.6) is 5.75 Å². The summed E-state index contributed by atoms with van der Waals surface area (Å²) in [6, 6.07) is 12.1. The highest BCUT2D eigenvalue weighted by atomic mass is 79.9. The monoisotopic (exact) mass is 526 g/mol. The maximum Gasteiger partial charge on any atom is 0.264 e. The highest BCUT2D eigenvalue weighted by molar-refractivity contribution is 9.10. The molecule has 0 radical (unpaired) electrons. The Balaban J connectivity index is 1.64. The maximum absolute atomic E-state index is 12.0. The van der Waals surface area contributed by atoms with Crippen molar-refractivity contribution in [1.29, 1.82) is 0 Å². The van der Waals surface area contributed by atoms with Gasteiger partial charge in [-0.3, -0.25) is 30.6 Å². The number of rotatable bonds is 7. The number of anilines is 1. The number of thiocarbonyl (C=S) groups is 1. The molecule has 11 heteroatoms. The van der Waals surface area contributed by atoms with Gasteiger partial charge in [-0.05, 0) is 61.1 Å². The zero-order chi connectivity index (χ0) is 22.8. The fourth-order valence-electron chi connectivity index (χ4n) is 2.25. The van der Waals surface area contributed by atoms with Crippen molar-refractivity contribution in [1.82, 2.24) is 16.2 Å². The van der Waals surface area contributed by atoms with Gasteiger partial charge in [-0.25, -0.2) is 0 Å². The van der Waals surface area contributed by atoms with Crippen molar-refractivity contribution >= 4 is 68.3 Å². The van der Waals surface area contributed by atoms with Crippen LogP contribution in [0.1, 0.15) is 18.4 Å². The number of hydrazine groups is 1. The highest BCUT2D eigenvalue weighted by Crippen LogP contribution is 2.23. The Bertz CT molecular complexity index is 972. The second-order valence-corrected chi connectivity index (χ2v) is 7.98. The lowest BCUT2D eigenvalue weighted by atomic mass is 10.2. The van der Waals surface area contributed by atoms with E-state index in [-0.39, 0.29) is 30.5 Å². The molecule has 0 atom stereocenters. The van der Waals surface area contributed by atoms with Gasteiger partial charge in [0.2, 0.25) is 11.8 Å². The van der Waals surface area contributed by atoms with Crippen molar-refractivity contribution in [2.75, 3.05) is 11.9 Å². The maximum atomic E-state index is 12.0. The first kappa shape index (κ1) is 24.6. The lowest BCUT2D eigenvalue weighted by Gasteiger charge is -2.12. The number of hydrogen-bond donors (Lipinski definition) is 4. The summed E-state index contributed by atoms with van der Waals surface area (Å²) in [5.41, 5.74) is 6.05. The molecular weight excluding hydrogens is 508 g/mol. The summed E-state index contributed by atoms with van der Waals surface area (Å²) in [6.45, 7) is 1.54. The number of hydrogen-bond acceptors (Lipinski definition) is 5. The molecule has 0 fully saturated rings. The molecule has 0 saturated carbocycles. The molecule has 2 aromatic rings. The number of benzene rings is 2. The average Bonchev–Trinajstić information content (AvgIpc) is 2.73. The largest absolute Gasteiger partial charge is 0.484 e. The highest BCUT2D eigenvalue weighted by Gasteiger charge is 2.11. The molecule has 0 saturated heterocycles. The number of carbonyl (C=O) groups excluding carboxylic acids is 3. The summed E-state index contributed by atoms with van der Waals surface area (Å²) >= 11 is 14.3. The van der Waals surface area contributed by atoms with Crippen LogP contribution in [0.4, 0.5) is 5.69 Å². The molecule has 2 rings (SSSR count). The first-order valence-electron chi connectivity index (χ1n) is 9.06. The minimum atomic E-state index is -0.495. The van der Waals surface area contributed by atoms with Crippen LogP contribution in [-0.4, -0.2) is 29.4 Å². The molecule has 0 bridgehead atoms. The molecule has 2 aromatic carbocycles. The molecule has 0 spiro atoms. The predicted molar refractivity (Wildman–Crippen MR) is 126 cm³/mol. The zero-order valence-electron chi connectivity index (χ0n) is 16.5. The van der Waals surface area contributed by atoms with Crippen LogP contribution in [0.15, 0.2) is 46.9 Å². The third kappa shape index (κ3) is 8.91. The molecule has 0 aromatic heterocycles. The topological polar surface area (TPSA) is 109 Å². The van der Waals surface area contributed by atoms with Crippen molar-refractivity contribution in [3.63, 3.8) is 0 Å². The predicted octanol–water partition coefficient (Wildman–Crippen LogP) is 3.23. The normalized spacial score (nSPS) is 10.0. The SMILES string of the molecule is Cc1c(Cl)cccc1NC(=O)CCC(=O)NNC(=S)NC(=O)COc1ccc(Br)cc1. The molecule has 4 N–H and O–H groups in total. The summed E-state index contributed by atoms with van der Waals surface area (Å²) in [6.07, 6.45) is -0.124. The smallest absolute Gasteiger partial charge is 0.264 e. The van der Waals surface area contributed by atoms with Gasteiger partial charge in [0.1, 0.15) is 5.75 Å². The quantitative estimate of drug-likeness (QED) is 0.325. The molecule has 0 aliphatic heterocycles. The Morgan fingerprint density at radius 2 is 1.68 bits per heavy atom. The van der Waals surface area contributed by atoms with Crippen LogP contribution in [0.3, 0.4) is 0 Å². The summed E-state index contributed by atoms with van der Waals surface area (Å²) < 4.78 is 6.21. The minimum Gasteiger partial charge on any atom is -0.484 e. The summed E-state index contributed by atoms with van der Waals surface area (Å²) in [7, 11) is 0. The standard InChI is InChI=1S/C20H20BrClN4O4S/c1-12-15(22)3-2-4-16(12)23-17(27)9-10-18(28)25-26-20(31)24-19(29)11-30-14-7-5-13(21)6-8-14/h2-8H,9-11H2,1H3,(H,23,27)(H,25,28)(H2,24,26,29,31). The van der Waals surface area contributed by atoms with Gasteiger partial charge < -0.3 is 10.1 Å². The number of nitrogens with one attached hydrogen (secondary N) is 4. The van der Waals surface area contributed by atoms with Gasteiger partial charge in [0.25, 0.3) is 5.91 Å². The third-order valence-corrected chi connectivity index (χ3v) is 5.02. The first-order valence-corrected chi connectivity index (χ1v) is 10.6. The average molecular weight is 528 g/mol. The van der Waals surface area contributed by atoms with Crippen LogP contribution in [0.2, 0.25) is 5.02 Å². The van der Waals surface area contributed by atoms with E-state index in [0.29, 0.717) is 16.5 Å². The summed E-state index contributed by atoms with van der Waals surface area (Å²) in [5.74, 6) is -0.773. The van der Waals surface area contributed by atoms with Crippen molar-refractivity contribution in [2.45, 2.75) is 19.8 Å². The van der Waals surface area contributed by atoms with Crippen LogP contribution in [0, 0.1) is 6.92 Å². The Morgan fingerprint density at radius 3 is 2.39 bits per heavy atom. The Kier molecular flexibility index (Phi) is 9.70. The second-order valence-electron chi connectivity index (χ2n) is 6.25. The molecule has 3 amide bonds. The number of amides is 3. The van der Waals surface area contributed by atoms with Crippen LogP contribution >= 0.6 is 39.7 Å². The van der Waals surface area contributed by atoms with E-state index in [2.05, 4.69) is 37.4 Å². The lowest BCUT2D eigenvalue weighted by molar-refractivity contribution is -0.125. The molecule has 31 heavy (non-hydrogen) atoms. The molecule has 0 aliphatic carbocycles. The third-order valence-electron chi connectivity index (χ3n) is 3.87. The van der Waals surface area contributed by atoms with E-state index in [9.17, 15) is 14.4 Å². The molecular formula is C20H20BrClN4O4S. The number of ether oxygens (including phenoxy) is 1. The number of halogens is 2. The van der Waals surface area contributed by atoms with Gasteiger partial charge in [-0.1, -0.05) is 33.6 Å². The van der Waals surface area contributed by atoms with Gasteiger partial charge in [-0.2, -0.15) is 0 Å². The lowest BCUT2D eigenvalue weighted by Crippen LogP contribution is -2.49.